The number of alkyl halides is 3. The molecule has 0 bridgehead atoms. The smallest absolute Gasteiger partial charge is 0.406 e. The molecule has 0 aliphatic rings. The van der Waals surface area contributed by atoms with Gasteiger partial charge in [0.05, 0.1) is 17.3 Å². The molecule has 0 fully saturated rings. The van der Waals surface area contributed by atoms with E-state index in [9.17, 15) is 22.8 Å². The number of fused-ring (bicyclic) bond motifs is 1. The molecule has 162 valence electrons. The second kappa shape index (κ2) is 8.10. The summed E-state index contributed by atoms with van der Waals surface area (Å²) < 4.78 is 42.4. The normalized spacial score (nSPS) is 11.4. The average Bonchev–Trinajstić information content (AvgIpc) is 2.77. The lowest BCUT2D eigenvalue weighted by atomic mass is 10.1. The van der Waals surface area contributed by atoms with E-state index < -0.39 is 23.6 Å². The molecular formula is C21H14F3N5O3. The maximum atomic E-state index is 12.9. The minimum atomic E-state index is -4.81. The van der Waals surface area contributed by atoms with Gasteiger partial charge < -0.3 is 10.1 Å². The van der Waals surface area contributed by atoms with Crippen LogP contribution in [0.2, 0.25) is 0 Å². The van der Waals surface area contributed by atoms with Crippen molar-refractivity contribution in [2.24, 2.45) is 7.05 Å². The molecule has 1 N–H and O–H groups in total. The molecule has 2 heterocycles. The first-order chi connectivity index (χ1) is 15.2. The van der Waals surface area contributed by atoms with Crippen molar-refractivity contribution in [1.29, 1.82) is 0 Å². The van der Waals surface area contributed by atoms with Crippen LogP contribution in [0.1, 0.15) is 10.5 Å². The van der Waals surface area contributed by atoms with Crippen LogP contribution < -0.4 is 15.6 Å². The van der Waals surface area contributed by atoms with Crippen LogP contribution in [-0.2, 0) is 7.05 Å². The SMILES string of the molecule is Cn1c(-c2ccc(OC(F)(F)F)cc2)nc2c(NC(=O)c3cnccn3)cccc2c1=O. The average molecular weight is 441 g/mol. The van der Waals surface area contributed by atoms with Gasteiger partial charge in [0.15, 0.2) is 0 Å². The largest absolute Gasteiger partial charge is 0.573 e. The highest BCUT2D eigenvalue weighted by atomic mass is 19.4. The standard InChI is InChI=1S/C21H14F3N5O3/c1-29-18(12-5-7-13(8-6-12)32-21(22,23)24)28-17-14(20(29)31)3-2-4-15(17)27-19(30)16-11-25-9-10-26-16/h2-11H,1H3,(H,27,30). The quantitative estimate of drug-likeness (QED) is 0.520. The first-order valence-corrected chi connectivity index (χ1v) is 9.16. The predicted molar refractivity (Wildman–Crippen MR) is 109 cm³/mol. The van der Waals surface area contributed by atoms with Crippen LogP contribution in [0.4, 0.5) is 18.9 Å². The Balaban J connectivity index is 1.76. The molecule has 1 amide bonds. The Morgan fingerprint density at radius 2 is 1.84 bits per heavy atom. The minimum absolute atomic E-state index is 0.0776. The third kappa shape index (κ3) is 4.26. The number of benzene rings is 2. The molecule has 0 spiro atoms. The van der Waals surface area contributed by atoms with Gasteiger partial charge in [-0.25, -0.2) is 9.97 Å². The number of hydrogen-bond donors (Lipinski definition) is 1. The molecule has 0 aliphatic carbocycles. The van der Waals surface area contributed by atoms with Crippen molar-refractivity contribution in [3.05, 3.63) is 77.1 Å². The highest BCUT2D eigenvalue weighted by Crippen LogP contribution is 2.27. The molecule has 0 saturated heterocycles. The van der Waals surface area contributed by atoms with Crippen LogP contribution in [-0.4, -0.2) is 31.8 Å². The van der Waals surface area contributed by atoms with E-state index in [0.29, 0.717) is 5.56 Å². The molecule has 0 atom stereocenters. The van der Waals surface area contributed by atoms with Gasteiger partial charge in [-0.2, -0.15) is 0 Å². The number of hydrogen-bond acceptors (Lipinski definition) is 6. The number of para-hydroxylation sites is 1. The Hall–Kier alpha value is -4.28. The van der Waals surface area contributed by atoms with E-state index in [1.54, 1.807) is 18.2 Å². The Bertz CT molecular complexity index is 1350. The highest BCUT2D eigenvalue weighted by Gasteiger charge is 2.31. The van der Waals surface area contributed by atoms with Crippen LogP contribution in [0.3, 0.4) is 0 Å². The molecule has 0 aliphatic heterocycles. The fraction of sp³-hybridized carbons (Fsp3) is 0.0952. The minimum Gasteiger partial charge on any atom is -0.406 e. The lowest BCUT2D eigenvalue weighted by Gasteiger charge is -2.13. The van der Waals surface area contributed by atoms with Crippen molar-refractivity contribution in [2.45, 2.75) is 6.36 Å². The lowest BCUT2D eigenvalue weighted by Crippen LogP contribution is -2.21. The summed E-state index contributed by atoms with van der Waals surface area (Å²) in [5, 5.41) is 2.92. The second-order valence-electron chi connectivity index (χ2n) is 6.62. The van der Waals surface area contributed by atoms with E-state index >= 15 is 0 Å². The van der Waals surface area contributed by atoms with E-state index in [4.69, 9.17) is 0 Å². The van der Waals surface area contributed by atoms with Gasteiger partial charge in [0, 0.05) is 25.0 Å². The summed E-state index contributed by atoms with van der Waals surface area (Å²) >= 11 is 0. The van der Waals surface area contributed by atoms with E-state index in [1.807, 2.05) is 0 Å². The maximum absolute atomic E-state index is 12.9. The summed E-state index contributed by atoms with van der Waals surface area (Å²) in [6, 6.07) is 9.70. The van der Waals surface area contributed by atoms with Gasteiger partial charge in [0.1, 0.15) is 22.8 Å². The molecule has 4 aromatic rings. The Labute approximate surface area is 178 Å². The van der Waals surface area contributed by atoms with Crippen molar-refractivity contribution in [3.63, 3.8) is 0 Å². The van der Waals surface area contributed by atoms with Crippen LogP contribution in [0.25, 0.3) is 22.3 Å². The van der Waals surface area contributed by atoms with Crippen molar-refractivity contribution in [1.82, 2.24) is 19.5 Å². The zero-order valence-corrected chi connectivity index (χ0v) is 16.4. The summed E-state index contributed by atoms with van der Waals surface area (Å²) in [5.41, 5.74) is 0.564. The van der Waals surface area contributed by atoms with Crippen LogP contribution in [0, 0.1) is 0 Å². The van der Waals surface area contributed by atoms with E-state index in [0.717, 1.165) is 12.1 Å². The Kier molecular flexibility index (Phi) is 5.31. The molecule has 0 radical (unpaired) electrons. The first kappa shape index (κ1) is 21.0. The van der Waals surface area contributed by atoms with Crippen molar-refractivity contribution in [2.75, 3.05) is 5.32 Å². The van der Waals surface area contributed by atoms with Crippen molar-refractivity contribution < 1.29 is 22.7 Å². The molecule has 2 aromatic heterocycles. The number of carbonyl (C=O) groups excluding carboxylic acids is 1. The summed E-state index contributed by atoms with van der Waals surface area (Å²) in [6.45, 7) is 0. The fourth-order valence-electron chi connectivity index (χ4n) is 3.06. The zero-order valence-electron chi connectivity index (χ0n) is 16.4. The van der Waals surface area contributed by atoms with E-state index in [2.05, 4.69) is 25.0 Å². The zero-order chi connectivity index (χ0) is 22.9. The monoisotopic (exact) mass is 441 g/mol. The second-order valence-corrected chi connectivity index (χ2v) is 6.62. The molecule has 0 unspecified atom stereocenters. The molecule has 2 aromatic carbocycles. The van der Waals surface area contributed by atoms with Gasteiger partial charge in [-0.3, -0.25) is 19.1 Å². The highest BCUT2D eigenvalue weighted by molar-refractivity contribution is 6.07. The molecular weight excluding hydrogens is 427 g/mol. The fourth-order valence-corrected chi connectivity index (χ4v) is 3.06. The predicted octanol–water partition coefficient (Wildman–Crippen LogP) is 3.54. The molecule has 32 heavy (non-hydrogen) atoms. The number of halogens is 3. The molecule has 4 rings (SSSR count). The number of nitrogens with one attached hydrogen (secondary N) is 1. The number of nitrogens with zero attached hydrogens (tertiary/aromatic N) is 4. The molecule has 0 saturated carbocycles. The van der Waals surface area contributed by atoms with Crippen LogP contribution in [0.5, 0.6) is 5.75 Å². The lowest BCUT2D eigenvalue weighted by molar-refractivity contribution is -0.274. The number of rotatable bonds is 4. The van der Waals surface area contributed by atoms with E-state index in [1.165, 1.54) is 42.3 Å². The number of ether oxygens (including phenoxy) is 1. The van der Waals surface area contributed by atoms with Crippen molar-refractivity contribution >= 4 is 22.5 Å². The van der Waals surface area contributed by atoms with Gasteiger partial charge in [-0.1, -0.05) is 6.07 Å². The molecule has 11 heteroatoms. The summed E-state index contributed by atoms with van der Waals surface area (Å²) in [5.74, 6) is -0.741. The number of anilines is 1. The van der Waals surface area contributed by atoms with Gasteiger partial charge >= 0.3 is 6.36 Å². The number of carbonyl (C=O) groups is 1. The van der Waals surface area contributed by atoms with Gasteiger partial charge in [-0.15, -0.1) is 13.2 Å². The summed E-state index contributed by atoms with van der Waals surface area (Å²) in [6.07, 6.45) is -0.720. The van der Waals surface area contributed by atoms with Crippen LogP contribution >= 0.6 is 0 Å². The summed E-state index contributed by atoms with van der Waals surface area (Å²) in [7, 11) is 1.50. The van der Waals surface area contributed by atoms with Gasteiger partial charge in [-0.05, 0) is 36.4 Å². The van der Waals surface area contributed by atoms with Crippen LogP contribution in [0.15, 0.2) is 65.8 Å². The first-order valence-electron chi connectivity index (χ1n) is 9.16. The van der Waals surface area contributed by atoms with Gasteiger partial charge in [0.25, 0.3) is 11.5 Å². The number of amides is 1. The molecule has 8 nitrogen and oxygen atoms in total. The summed E-state index contributed by atoms with van der Waals surface area (Å²) in [4.78, 5) is 37.7. The Morgan fingerprint density at radius 3 is 2.50 bits per heavy atom. The third-order valence-electron chi connectivity index (χ3n) is 4.50. The van der Waals surface area contributed by atoms with Gasteiger partial charge in [0.2, 0.25) is 0 Å². The van der Waals surface area contributed by atoms with Crippen molar-refractivity contribution in [3.8, 4) is 17.1 Å². The Morgan fingerprint density at radius 1 is 1.09 bits per heavy atom. The number of aromatic nitrogens is 4. The maximum Gasteiger partial charge on any atom is 0.573 e. The third-order valence-corrected chi connectivity index (χ3v) is 4.50. The van der Waals surface area contributed by atoms with E-state index in [-0.39, 0.29) is 28.1 Å². The topological polar surface area (TPSA) is 99.0 Å².